The van der Waals surface area contributed by atoms with Crippen LogP contribution >= 0.6 is 27.5 Å². The highest BCUT2D eigenvalue weighted by molar-refractivity contribution is 9.10. The van der Waals surface area contributed by atoms with Crippen molar-refractivity contribution in [2.75, 3.05) is 0 Å². The molecule has 1 heterocycles. The summed E-state index contributed by atoms with van der Waals surface area (Å²) in [4.78, 5) is 0. The molecule has 0 amide bonds. The minimum Gasteiger partial charge on any atom is -0.344 e. The topological polar surface area (TPSA) is 30.9 Å². The molecule has 0 aliphatic rings. The van der Waals surface area contributed by atoms with Gasteiger partial charge in [0.05, 0.1) is 10.5 Å². The number of aromatic nitrogens is 1. The minimum atomic E-state index is -0.0205. The number of nitrogens with zero attached hydrogens (tertiary/aromatic N) is 1. The highest BCUT2D eigenvalue weighted by Crippen LogP contribution is 2.36. The van der Waals surface area contributed by atoms with Crippen LogP contribution < -0.4 is 5.73 Å². The summed E-state index contributed by atoms with van der Waals surface area (Å²) >= 11 is 9.75. The predicted octanol–water partition coefficient (Wildman–Crippen LogP) is 3.61. The number of halogens is 2. The van der Waals surface area contributed by atoms with Gasteiger partial charge in [-0.3, -0.25) is 0 Å². The van der Waals surface area contributed by atoms with Crippen molar-refractivity contribution in [2.45, 2.75) is 13.0 Å². The van der Waals surface area contributed by atoms with E-state index in [0.29, 0.717) is 0 Å². The molecule has 80 valence electrons. The Balaban J connectivity index is 2.92. The molecule has 0 bridgehead atoms. The molecule has 2 rings (SSSR count). The lowest BCUT2D eigenvalue weighted by Gasteiger charge is -2.08. The largest absolute Gasteiger partial charge is 0.344 e. The molecule has 1 aromatic carbocycles. The number of fused-ring (bicyclic) bond motifs is 1. The first kappa shape index (κ1) is 11.0. The summed E-state index contributed by atoms with van der Waals surface area (Å²) in [5.41, 5.74) is 8.03. The van der Waals surface area contributed by atoms with Gasteiger partial charge in [-0.1, -0.05) is 23.7 Å². The molecule has 0 radical (unpaired) electrons. The lowest BCUT2D eigenvalue weighted by atomic mass is 10.2. The summed E-state index contributed by atoms with van der Waals surface area (Å²) in [6, 6.07) is 5.85. The zero-order valence-electron chi connectivity index (χ0n) is 8.59. The molecule has 0 fully saturated rings. The Hall–Kier alpha value is -0.510. The number of nitrogens with two attached hydrogens (primary N) is 1. The molecule has 1 unspecified atom stereocenters. The number of benzene rings is 1. The Morgan fingerprint density at radius 3 is 2.67 bits per heavy atom. The van der Waals surface area contributed by atoms with E-state index in [1.54, 1.807) is 0 Å². The lowest BCUT2D eigenvalue weighted by Crippen LogP contribution is -2.10. The van der Waals surface area contributed by atoms with E-state index in [9.17, 15) is 0 Å². The van der Waals surface area contributed by atoms with Crippen molar-refractivity contribution in [3.8, 4) is 0 Å². The maximum Gasteiger partial charge on any atom is 0.0681 e. The van der Waals surface area contributed by atoms with Crippen LogP contribution in [0.25, 0.3) is 10.9 Å². The molecule has 2 aromatic rings. The molecule has 15 heavy (non-hydrogen) atoms. The molecular formula is C11H12BrClN2. The van der Waals surface area contributed by atoms with Crippen LogP contribution in [0.3, 0.4) is 0 Å². The Morgan fingerprint density at radius 2 is 2.13 bits per heavy atom. The summed E-state index contributed by atoms with van der Waals surface area (Å²) in [5, 5.41) is 1.86. The number of para-hydroxylation sites is 1. The van der Waals surface area contributed by atoms with Gasteiger partial charge in [0.1, 0.15) is 0 Å². The van der Waals surface area contributed by atoms with Crippen LogP contribution in [0.5, 0.6) is 0 Å². The van der Waals surface area contributed by atoms with E-state index in [-0.39, 0.29) is 6.04 Å². The van der Waals surface area contributed by atoms with Crippen molar-refractivity contribution in [3.63, 3.8) is 0 Å². The number of aryl methyl sites for hydroxylation is 1. The fourth-order valence-corrected chi connectivity index (χ4v) is 3.19. The number of hydrogen-bond acceptors (Lipinski definition) is 1. The standard InChI is InChI=1S/C11H12BrClN2/c1-6(14)10-9(12)7-4-3-5-8(13)11(7)15(10)2/h3-6H,14H2,1-2H3. The third-order valence-electron chi connectivity index (χ3n) is 2.58. The first-order chi connectivity index (χ1) is 7.04. The molecule has 0 spiro atoms. The Labute approximate surface area is 102 Å². The highest BCUT2D eigenvalue weighted by atomic mass is 79.9. The summed E-state index contributed by atoms with van der Waals surface area (Å²) in [5.74, 6) is 0. The van der Waals surface area contributed by atoms with Gasteiger partial charge in [0.2, 0.25) is 0 Å². The van der Waals surface area contributed by atoms with Crippen LogP contribution in [0, 0.1) is 0 Å². The van der Waals surface area contributed by atoms with E-state index in [0.717, 1.165) is 26.1 Å². The predicted molar refractivity (Wildman–Crippen MR) is 68.2 cm³/mol. The number of rotatable bonds is 1. The van der Waals surface area contributed by atoms with Gasteiger partial charge in [-0.05, 0) is 28.9 Å². The Morgan fingerprint density at radius 1 is 1.47 bits per heavy atom. The molecule has 0 saturated heterocycles. The smallest absolute Gasteiger partial charge is 0.0681 e. The SMILES string of the molecule is CC(N)c1c(Br)c2cccc(Cl)c2n1C. The molecule has 1 aromatic heterocycles. The normalized spacial score (nSPS) is 13.4. The molecule has 1 atom stereocenters. The van der Waals surface area contributed by atoms with Crippen molar-refractivity contribution in [1.82, 2.24) is 4.57 Å². The molecule has 4 heteroatoms. The van der Waals surface area contributed by atoms with E-state index in [1.807, 2.05) is 36.7 Å². The van der Waals surface area contributed by atoms with Crippen molar-refractivity contribution in [2.24, 2.45) is 12.8 Å². The van der Waals surface area contributed by atoms with E-state index in [1.165, 1.54) is 0 Å². The van der Waals surface area contributed by atoms with Crippen LogP contribution in [-0.4, -0.2) is 4.57 Å². The first-order valence-electron chi connectivity index (χ1n) is 4.72. The summed E-state index contributed by atoms with van der Waals surface area (Å²) in [6.45, 7) is 1.97. The van der Waals surface area contributed by atoms with E-state index >= 15 is 0 Å². The fraction of sp³-hybridized carbons (Fsp3) is 0.273. The molecule has 0 aliphatic carbocycles. The highest BCUT2D eigenvalue weighted by Gasteiger charge is 2.17. The monoisotopic (exact) mass is 286 g/mol. The third kappa shape index (κ3) is 1.59. The molecule has 2 nitrogen and oxygen atoms in total. The summed E-state index contributed by atoms with van der Waals surface area (Å²) in [6.07, 6.45) is 0. The van der Waals surface area contributed by atoms with Crippen molar-refractivity contribution in [3.05, 3.63) is 33.4 Å². The van der Waals surface area contributed by atoms with Gasteiger partial charge in [0.25, 0.3) is 0 Å². The molecule has 0 aliphatic heterocycles. The maximum absolute atomic E-state index is 6.17. The maximum atomic E-state index is 6.17. The zero-order chi connectivity index (χ0) is 11.2. The van der Waals surface area contributed by atoms with Gasteiger partial charge in [0.15, 0.2) is 0 Å². The van der Waals surface area contributed by atoms with Crippen LogP contribution in [0.2, 0.25) is 5.02 Å². The van der Waals surface area contributed by atoms with Gasteiger partial charge in [0, 0.05) is 28.6 Å². The van der Waals surface area contributed by atoms with E-state index < -0.39 is 0 Å². The van der Waals surface area contributed by atoms with E-state index in [4.69, 9.17) is 17.3 Å². The second-order valence-electron chi connectivity index (χ2n) is 3.68. The summed E-state index contributed by atoms with van der Waals surface area (Å²) < 4.78 is 3.09. The van der Waals surface area contributed by atoms with Crippen molar-refractivity contribution >= 4 is 38.4 Å². The van der Waals surface area contributed by atoms with Crippen LogP contribution in [-0.2, 0) is 7.05 Å². The van der Waals surface area contributed by atoms with Gasteiger partial charge >= 0.3 is 0 Å². The second kappa shape index (κ2) is 3.81. The van der Waals surface area contributed by atoms with E-state index in [2.05, 4.69) is 15.9 Å². The minimum absolute atomic E-state index is 0.0205. The average Bonchev–Trinajstić information content (AvgIpc) is 2.40. The zero-order valence-corrected chi connectivity index (χ0v) is 10.9. The van der Waals surface area contributed by atoms with Crippen LogP contribution in [0.1, 0.15) is 18.7 Å². The number of hydrogen-bond donors (Lipinski definition) is 1. The van der Waals surface area contributed by atoms with Gasteiger partial charge < -0.3 is 10.3 Å². The van der Waals surface area contributed by atoms with Crippen molar-refractivity contribution < 1.29 is 0 Å². The Bertz CT molecular complexity index is 517. The average molecular weight is 288 g/mol. The summed E-state index contributed by atoms with van der Waals surface area (Å²) in [7, 11) is 1.98. The van der Waals surface area contributed by atoms with Gasteiger partial charge in [-0.15, -0.1) is 0 Å². The molecule has 2 N–H and O–H groups in total. The fourth-order valence-electron chi connectivity index (χ4n) is 1.94. The van der Waals surface area contributed by atoms with Crippen molar-refractivity contribution in [1.29, 1.82) is 0 Å². The lowest BCUT2D eigenvalue weighted by molar-refractivity contribution is 0.722. The molecule has 0 saturated carbocycles. The van der Waals surface area contributed by atoms with Crippen LogP contribution in [0.4, 0.5) is 0 Å². The third-order valence-corrected chi connectivity index (χ3v) is 3.71. The Kier molecular flexibility index (Phi) is 2.79. The van der Waals surface area contributed by atoms with Gasteiger partial charge in [-0.25, -0.2) is 0 Å². The quantitative estimate of drug-likeness (QED) is 0.853. The van der Waals surface area contributed by atoms with Crippen LogP contribution in [0.15, 0.2) is 22.7 Å². The second-order valence-corrected chi connectivity index (χ2v) is 4.88. The van der Waals surface area contributed by atoms with Gasteiger partial charge in [-0.2, -0.15) is 0 Å². The first-order valence-corrected chi connectivity index (χ1v) is 5.89. The molecular weight excluding hydrogens is 275 g/mol.